The third-order valence-corrected chi connectivity index (χ3v) is 5.20. The predicted octanol–water partition coefficient (Wildman–Crippen LogP) is 4.53. The van der Waals surface area contributed by atoms with Crippen LogP contribution in [-0.4, -0.2) is 28.8 Å². The number of halogens is 1. The molecule has 4 nitrogen and oxygen atoms in total. The van der Waals surface area contributed by atoms with Crippen molar-refractivity contribution in [3.05, 3.63) is 107 Å². The van der Waals surface area contributed by atoms with Crippen LogP contribution in [0.1, 0.15) is 30.5 Å². The van der Waals surface area contributed by atoms with E-state index < -0.39 is 11.9 Å². The summed E-state index contributed by atoms with van der Waals surface area (Å²) in [6.07, 6.45) is 0.259. The highest BCUT2D eigenvalue weighted by atomic mass is 19.1. The number of hydrogen-bond donors (Lipinski definition) is 1. The second-order valence-corrected chi connectivity index (χ2v) is 8.14. The first kappa shape index (κ1) is 23.2. The van der Waals surface area contributed by atoms with Crippen LogP contribution in [0.25, 0.3) is 0 Å². The standard InChI is InChI=1S/C27H29FN2O2/c1-20(2)29-27(32)25(17-21-11-5-3-6-12-21)30(19-22-13-7-4-8-14-22)26(31)18-23-15-9-10-16-24(23)28/h3-16,20,25H,17-19H2,1-2H3,(H,29,32)/t25-/m0/s1. The second kappa shape index (κ2) is 11.2. The fraction of sp³-hybridized carbons (Fsp3) is 0.259. The van der Waals surface area contributed by atoms with Crippen molar-refractivity contribution in [3.8, 4) is 0 Å². The van der Waals surface area contributed by atoms with Gasteiger partial charge in [-0.3, -0.25) is 9.59 Å². The van der Waals surface area contributed by atoms with Crippen molar-refractivity contribution in [1.29, 1.82) is 0 Å². The molecule has 0 aliphatic rings. The highest BCUT2D eigenvalue weighted by Crippen LogP contribution is 2.17. The molecule has 32 heavy (non-hydrogen) atoms. The van der Waals surface area contributed by atoms with Crippen molar-refractivity contribution in [3.63, 3.8) is 0 Å². The van der Waals surface area contributed by atoms with Crippen LogP contribution in [0.15, 0.2) is 84.9 Å². The fourth-order valence-corrected chi connectivity index (χ4v) is 3.62. The van der Waals surface area contributed by atoms with Crippen LogP contribution in [0.3, 0.4) is 0 Å². The first-order chi connectivity index (χ1) is 15.4. The molecule has 0 aliphatic carbocycles. The normalized spacial score (nSPS) is 11.8. The minimum atomic E-state index is -0.723. The van der Waals surface area contributed by atoms with Crippen LogP contribution in [0.5, 0.6) is 0 Å². The maximum atomic E-state index is 14.3. The molecule has 2 amide bonds. The van der Waals surface area contributed by atoms with Gasteiger partial charge in [0.15, 0.2) is 0 Å². The molecule has 0 heterocycles. The number of benzene rings is 3. The molecule has 1 atom stereocenters. The van der Waals surface area contributed by atoms with Crippen molar-refractivity contribution < 1.29 is 14.0 Å². The van der Waals surface area contributed by atoms with E-state index in [4.69, 9.17) is 0 Å². The lowest BCUT2D eigenvalue weighted by atomic mass is 10.0. The Hall–Kier alpha value is -3.47. The molecule has 0 aliphatic heterocycles. The molecule has 0 bridgehead atoms. The van der Waals surface area contributed by atoms with Gasteiger partial charge in [0.2, 0.25) is 11.8 Å². The Morgan fingerprint density at radius 3 is 2.00 bits per heavy atom. The predicted molar refractivity (Wildman–Crippen MR) is 124 cm³/mol. The quantitative estimate of drug-likeness (QED) is 0.540. The van der Waals surface area contributed by atoms with Gasteiger partial charge in [0, 0.05) is 19.0 Å². The van der Waals surface area contributed by atoms with Crippen LogP contribution in [0.2, 0.25) is 0 Å². The molecule has 0 spiro atoms. The Morgan fingerprint density at radius 1 is 0.844 bits per heavy atom. The van der Waals surface area contributed by atoms with Gasteiger partial charge in [-0.15, -0.1) is 0 Å². The van der Waals surface area contributed by atoms with Crippen molar-refractivity contribution >= 4 is 11.8 Å². The maximum absolute atomic E-state index is 14.3. The monoisotopic (exact) mass is 432 g/mol. The zero-order chi connectivity index (χ0) is 22.9. The first-order valence-electron chi connectivity index (χ1n) is 10.8. The summed E-state index contributed by atoms with van der Waals surface area (Å²) in [5.74, 6) is -0.938. The topological polar surface area (TPSA) is 49.4 Å². The summed E-state index contributed by atoms with van der Waals surface area (Å²) in [4.78, 5) is 28.3. The summed E-state index contributed by atoms with van der Waals surface area (Å²) in [5.41, 5.74) is 2.18. The molecule has 0 unspecified atom stereocenters. The molecule has 166 valence electrons. The van der Waals surface area contributed by atoms with Gasteiger partial charge in [-0.1, -0.05) is 78.9 Å². The SMILES string of the molecule is CC(C)NC(=O)[C@H](Cc1ccccc1)N(Cc1ccccc1)C(=O)Cc1ccccc1F. The van der Waals surface area contributed by atoms with Gasteiger partial charge in [0.1, 0.15) is 11.9 Å². The van der Waals surface area contributed by atoms with E-state index in [0.717, 1.165) is 11.1 Å². The minimum Gasteiger partial charge on any atom is -0.352 e. The smallest absolute Gasteiger partial charge is 0.243 e. The average molecular weight is 433 g/mol. The summed E-state index contributed by atoms with van der Waals surface area (Å²) in [5, 5.41) is 2.95. The van der Waals surface area contributed by atoms with Crippen molar-refractivity contribution in [2.75, 3.05) is 0 Å². The second-order valence-electron chi connectivity index (χ2n) is 8.14. The summed E-state index contributed by atoms with van der Waals surface area (Å²) in [6.45, 7) is 4.04. The number of nitrogens with one attached hydrogen (secondary N) is 1. The van der Waals surface area contributed by atoms with Gasteiger partial charge in [-0.25, -0.2) is 4.39 Å². The van der Waals surface area contributed by atoms with Gasteiger partial charge in [-0.05, 0) is 36.6 Å². The molecule has 0 aromatic heterocycles. The lowest BCUT2D eigenvalue weighted by Gasteiger charge is -2.32. The van der Waals surface area contributed by atoms with E-state index in [9.17, 15) is 14.0 Å². The summed E-state index contributed by atoms with van der Waals surface area (Å²) < 4.78 is 14.3. The molecular weight excluding hydrogens is 403 g/mol. The molecule has 0 saturated heterocycles. The zero-order valence-corrected chi connectivity index (χ0v) is 18.5. The molecular formula is C27H29FN2O2. The van der Waals surface area contributed by atoms with Crippen molar-refractivity contribution in [2.45, 2.75) is 45.3 Å². The van der Waals surface area contributed by atoms with E-state index in [1.807, 2.05) is 74.5 Å². The van der Waals surface area contributed by atoms with E-state index in [-0.39, 0.29) is 30.8 Å². The van der Waals surface area contributed by atoms with Crippen molar-refractivity contribution in [1.82, 2.24) is 10.2 Å². The van der Waals surface area contributed by atoms with Crippen LogP contribution in [-0.2, 0) is 29.0 Å². The van der Waals surface area contributed by atoms with Gasteiger partial charge in [0.25, 0.3) is 0 Å². The van der Waals surface area contributed by atoms with Crippen LogP contribution in [0, 0.1) is 5.82 Å². The Balaban J connectivity index is 1.96. The Morgan fingerprint density at radius 2 is 1.41 bits per heavy atom. The highest BCUT2D eigenvalue weighted by Gasteiger charge is 2.31. The van der Waals surface area contributed by atoms with Crippen molar-refractivity contribution in [2.24, 2.45) is 0 Å². The third kappa shape index (κ3) is 6.51. The number of nitrogens with zero attached hydrogens (tertiary/aromatic N) is 1. The van der Waals surface area contributed by atoms with E-state index in [1.54, 1.807) is 23.1 Å². The molecule has 0 fully saturated rings. The fourth-order valence-electron chi connectivity index (χ4n) is 3.62. The molecule has 1 N–H and O–H groups in total. The number of carbonyl (C=O) groups is 2. The first-order valence-corrected chi connectivity index (χ1v) is 10.8. The maximum Gasteiger partial charge on any atom is 0.243 e. The van der Waals surface area contributed by atoms with Gasteiger partial charge in [-0.2, -0.15) is 0 Å². The van der Waals surface area contributed by atoms with Gasteiger partial charge in [0.05, 0.1) is 6.42 Å². The highest BCUT2D eigenvalue weighted by molar-refractivity contribution is 5.89. The number of hydrogen-bond acceptors (Lipinski definition) is 2. The summed E-state index contributed by atoms with van der Waals surface area (Å²) in [6, 6.07) is 24.6. The Kier molecular flexibility index (Phi) is 8.14. The lowest BCUT2D eigenvalue weighted by Crippen LogP contribution is -2.52. The minimum absolute atomic E-state index is 0.0685. The molecule has 0 saturated carbocycles. The third-order valence-electron chi connectivity index (χ3n) is 5.20. The Labute approximate surface area is 189 Å². The van der Waals surface area contributed by atoms with E-state index in [2.05, 4.69) is 5.32 Å². The van der Waals surface area contributed by atoms with Gasteiger partial charge < -0.3 is 10.2 Å². The van der Waals surface area contributed by atoms with Crippen LogP contribution in [0.4, 0.5) is 4.39 Å². The molecule has 5 heteroatoms. The van der Waals surface area contributed by atoms with E-state index in [1.165, 1.54) is 6.07 Å². The zero-order valence-electron chi connectivity index (χ0n) is 18.5. The molecule has 3 rings (SSSR count). The largest absolute Gasteiger partial charge is 0.352 e. The lowest BCUT2D eigenvalue weighted by molar-refractivity contribution is -0.141. The molecule has 3 aromatic rings. The van der Waals surface area contributed by atoms with Gasteiger partial charge >= 0.3 is 0 Å². The Bertz CT molecular complexity index is 1020. The van der Waals surface area contributed by atoms with E-state index >= 15 is 0 Å². The average Bonchev–Trinajstić information content (AvgIpc) is 2.78. The summed E-state index contributed by atoms with van der Waals surface area (Å²) >= 11 is 0. The molecule has 3 aromatic carbocycles. The number of amides is 2. The van der Waals surface area contributed by atoms with Crippen LogP contribution < -0.4 is 5.32 Å². The van der Waals surface area contributed by atoms with E-state index in [0.29, 0.717) is 12.0 Å². The number of rotatable bonds is 9. The van der Waals surface area contributed by atoms with Crippen LogP contribution >= 0.6 is 0 Å². The number of carbonyl (C=O) groups excluding carboxylic acids is 2. The summed E-state index contributed by atoms with van der Waals surface area (Å²) in [7, 11) is 0. The molecule has 0 radical (unpaired) electrons.